The lowest BCUT2D eigenvalue weighted by molar-refractivity contribution is 1.15. The smallest absolute Gasteiger partial charge is 0.0305 e. The van der Waals surface area contributed by atoms with E-state index in [1.165, 1.54) is 11.1 Å². The second-order valence-corrected chi connectivity index (χ2v) is 2.29. The highest BCUT2D eigenvalue weighted by atomic mass is 14.6. The molecule has 0 N–H and O–H groups in total. The molecule has 0 saturated carbocycles. The summed E-state index contributed by atoms with van der Waals surface area (Å²) in [5, 5.41) is 0. The first-order valence-electron chi connectivity index (χ1n) is 3.35. The molecule has 0 radical (unpaired) electrons. The highest BCUT2D eigenvalue weighted by Crippen LogP contribution is 2.04. The topological polar surface area (TPSA) is 12.9 Å². The lowest BCUT2D eigenvalue weighted by atomic mass is 10.1. The molecule has 52 valence electrons. The number of nitrogens with zero attached hydrogens (tertiary/aromatic N) is 1. The molecule has 0 aliphatic carbocycles. The van der Waals surface area contributed by atoms with Gasteiger partial charge >= 0.3 is 0 Å². The van der Waals surface area contributed by atoms with E-state index in [0.717, 1.165) is 6.42 Å². The van der Waals surface area contributed by atoms with Crippen LogP contribution in [0.2, 0.25) is 0 Å². The van der Waals surface area contributed by atoms with Gasteiger partial charge in [-0.05, 0) is 30.5 Å². The number of rotatable bonds is 2. The standard InChI is InChI=1S/C9H11N/c1-3-4-9-7-10-6-5-8(9)2/h3,5-7H,1,4H2,2H3. The zero-order valence-electron chi connectivity index (χ0n) is 6.17. The molecular weight excluding hydrogens is 122 g/mol. The van der Waals surface area contributed by atoms with Crippen LogP contribution in [0, 0.1) is 6.92 Å². The molecule has 0 aliphatic rings. The minimum atomic E-state index is 0.916. The summed E-state index contributed by atoms with van der Waals surface area (Å²) >= 11 is 0. The van der Waals surface area contributed by atoms with Gasteiger partial charge in [-0.15, -0.1) is 6.58 Å². The monoisotopic (exact) mass is 133 g/mol. The Morgan fingerprint density at radius 2 is 2.50 bits per heavy atom. The van der Waals surface area contributed by atoms with E-state index >= 15 is 0 Å². The Hall–Kier alpha value is -1.11. The van der Waals surface area contributed by atoms with Crippen LogP contribution in [0.1, 0.15) is 11.1 Å². The van der Waals surface area contributed by atoms with Gasteiger partial charge in [0.15, 0.2) is 0 Å². The lowest BCUT2D eigenvalue weighted by Crippen LogP contribution is -1.86. The third kappa shape index (κ3) is 1.44. The van der Waals surface area contributed by atoms with Gasteiger partial charge < -0.3 is 0 Å². The van der Waals surface area contributed by atoms with E-state index in [1.807, 2.05) is 24.5 Å². The number of pyridine rings is 1. The maximum Gasteiger partial charge on any atom is 0.0305 e. The molecule has 1 aromatic rings. The summed E-state index contributed by atoms with van der Waals surface area (Å²) in [4.78, 5) is 4.02. The van der Waals surface area contributed by atoms with Gasteiger partial charge in [0.25, 0.3) is 0 Å². The number of hydrogen-bond donors (Lipinski definition) is 0. The van der Waals surface area contributed by atoms with Gasteiger partial charge in [0.1, 0.15) is 0 Å². The predicted octanol–water partition coefficient (Wildman–Crippen LogP) is 2.12. The van der Waals surface area contributed by atoms with Crippen LogP contribution in [0.5, 0.6) is 0 Å². The van der Waals surface area contributed by atoms with Crippen molar-refractivity contribution in [3.8, 4) is 0 Å². The minimum Gasteiger partial charge on any atom is -0.264 e. The Labute approximate surface area is 61.4 Å². The summed E-state index contributed by atoms with van der Waals surface area (Å²) in [5.41, 5.74) is 2.55. The fourth-order valence-electron chi connectivity index (χ4n) is 0.866. The van der Waals surface area contributed by atoms with Crippen LogP contribution in [0.3, 0.4) is 0 Å². The van der Waals surface area contributed by atoms with Crippen LogP contribution in [0.4, 0.5) is 0 Å². The highest BCUT2D eigenvalue weighted by Gasteiger charge is 1.91. The summed E-state index contributed by atoms with van der Waals surface area (Å²) in [7, 11) is 0. The summed E-state index contributed by atoms with van der Waals surface area (Å²) in [6, 6.07) is 2.01. The van der Waals surface area contributed by atoms with Gasteiger partial charge in [0, 0.05) is 12.4 Å². The highest BCUT2D eigenvalue weighted by molar-refractivity contribution is 5.23. The maximum atomic E-state index is 4.02. The van der Waals surface area contributed by atoms with E-state index in [9.17, 15) is 0 Å². The molecule has 10 heavy (non-hydrogen) atoms. The van der Waals surface area contributed by atoms with Crippen LogP contribution < -0.4 is 0 Å². The first-order chi connectivity index (χ1) is 4.84. The Bertz CT molecular complexity index is 228. The molecule has 1 rings (SSSR count). The second kappa shape index (κ2) is 3.16. The van der Waals surface area contributed by atoms with E-state index < -0.39 is 0 Å². The Kier molecular flexibility index (Phi) is 2.21. The van der Waals surface area contributed by atoms with E-state index in [4.69, 9.17) is 0 Å². The first kappa shape index (κ1) is 7.00. The quantitative estimate of drug-likeness (QED) is 0.563. The van der Waals surface area contributed by atoms with Gasteiger partial charge in [-0.1, -0.05) is 6.08 Å². The molecule has 0 fully saturated rings. The van der Waals surface area contributed by atoms with Crippen LogP contribution in [-0.4, -0.2) is 4.98 Å². The van der Waals surface area contributed by atoms with Crippen molar-refractivity contribution in [2.45, 2.75) is 13.3 Å². The number of aromatic nitrogens is 1. The third-order valence-corrected chi connectivity index (χ3v) is 1.51. The maximum absolute atomic E-state index is 4.02. The van der Waals surface area contributed by atoms with E-state index in [-0.39, 0.29) is 0 Å². The van der Waals surface area contributed by atoms with Crippen molar-refractivity contribution in [3.05, 3.63) is 42.2 Å². The molecule has 0 unspecified atom stereocenters. The average Bonchev–Trinajstić information content (AvgIpc) is 1.94. The Morgan fingerprint density at radius 1 is 1.70 bits per heavy atom. The molecule has 1 aromatic heterocycles. The molecule has 0 spiro atoms. The molecule has 1 heteroatoms. The Balaban J connectivity index is 2.91. The fourth-order valence-corrected chi connectivity index (χ4v) is 0.866. The van der Waals surface area contributed by atoms with Crippen molar-refractivity contribution in [1.82, 2.24) is 4.98 Å². The summed E-state index contributed by atoms with van der Waals surface area (Å²) in [6.45, 7) is 5.75. The number of aryl methyl sites for hydroxylation is 1. The SMILES string of the molecule is C=CCc1cnccc1C. The first-order valence-corrected chi connectivity index (χ1v) is 3.35. The van der Waals surface area contributed by atoms with E-state index in [1.54, 1.807) is 0 Å². The summed E-state index contributed by atoms with van der Waals surface area (Å²) in [6.07, 6.45) is 6.50. The van der Waals surface area contributed by atoms with Crippen molar-refractivity contribution in [1.29, 1.82) is 0 Å². The number of allylic oxidation sites excluding steroid dienone is 1. The number of hydrogen-bond acceptors (Lipinski definition) is 1. The lowest BCUT2D eigenvalue weighted by Gasteiger charge is -1.98. The van der Waals surface area contributed by atoms with Gasteiger partial charge in [-0.3, -0.25) is 4.98 Å². The van der Waals surface area contributed by atoms with Crippen molar-refractivity contribution < 1.29 is 0 Å². The van der Waals surface area contributed by atoms with Crippen molar-refractivity contribution in [2.75, 3.05) is 0 Å². The molecule has 0 amide bonds. The Morgan fingerprint density at radius 3 is 3.10 bits per heavy atom. The van der Waals surface area contributed by atoms with Crippen LogP contribution in [0.25, 0.3) is 0 Å². The molecule has 0 atom stereocenters. The molecule has 1 heterocycles. The van der Waals surface area contributed by atoms with E-state index in [2.05, 4.69) is 18.5 Å². The average molecular weight is 133 g/mol. The second-order valence-electron chi connectivity index (χ2n) is 2.29. The van der Waals surface area contributed by atoms with E-state index in [0.29, 0.717) is 0 Å². The van der Waals surface area contributed by atoms with Gasteiger partial charge in [0.05, 0.1) is 0 Å². The van der Waals surface area contributed by atoms with Crippen molar-refractivity contribution in [2.24, 2.45) is 0 Å². The zero-order chi connectivity index (χ0) is 7.40. The molecule has 0 bridgehead atoms. The van der Waals surface area contributed by atoms with Crippen LogP contribution in [-0.2, 0) is 6.42 Å². The van der Waals surface area contributed by atoms with Crippen molar-refractivity contribution >= 4 is 0 Å². The summed E-state index contributed by atoms with van der Waals surface area (Å²) in [5.74, 6) is 0. The molecule has 0 aromatic carbocycles. The molecule has 0 saturated heterocycles. The largest absolute Gasteiger partial charge is 0.264 e. The van der Waals surface area contributed by atoms with Gasteiger partial charge in [-0.2, -0.15) is 0 Å². The molecular formula is C9H11N. The minimum absolute atomic E-state index is 0.916. The molecule has 1 nitrogen and oxygen atoms in total. The normalized spacial score (nSPS) is 9.30. The fraction of sp³-hybridized carbons (Fsp3) is 0.222. The summed E-state index contributed by atoms with van der Waals surface area (Å²) < 4.78 is 0. The van der Waals surface area contributed by atoms with Crippen molar-refractivity contribution in [3.63, 3.8) is 0 Å². The van der Waals surface area contributed by atoms with Gasteiger partial charge in [0.2, 0.25) is 0 Å². The van der Waals surface area contributed by atoms with Crippen LogP contribution >= 0.6 is 0 Å². The van der Waals surface area contributed by atoms with Gasteiger partial charge in [-0.25, -0.2) is 0 Å². The predicted molar refractivity (Wildman–Crippen MR) is 42.9 cm³/mol. The zero-order valence-corrected chi connectivity index (χ0v) is 6.17. The third-order valence-electron chi connectivity index (χ3n) is 1.51. The molecule has 0 aliphatic heterocycles. The van der Waals surface area contributed by atoms with Crippen LogP contribution in [0.15, 0.2) is 31.1 Å².